The van der Waals surface area contributed by atoms with Crippen LogP contribution in [0.2, 0.25) is 0 Å². The normalized spacial score (nSPS) is 25.7. The lowest BCUT2D eigenvalue weighted by atomic mass is 9.95. The van der Waals surface area contributed by atoms with Gasteiger partial charge in [0.15, 0.2) is 0 Å². The van der Waals surface area contributed by atoms with Crippen molar-refractivity contribution in [3.8, 4) is 0 Å². The van der Waals surface area contributed by atoms with Crippen LogP contribution in [0.25, 0.3) is 0 Å². The standard InChI is InChI=1S/C18H25NO3S/c1-13-4-3-5-15(10-13)14(2)12-19-17(20)16-11-18(16)6-8-23(21,22)9-7-18/h3-5,10,14,16H,6-9,11-12H2,1-2H3,(H,19,20). The zero-order chi connectivity index (χ0) is 16.7. The molecule has 1 aromatic carbocycles. The van der Waals surface area contributed by atoms with Gasteiger partial charge in [-0.05, 0) is 43.1 Å². The first-order valence-corrected chi connectivity index (χ1v) is 10.2. The van der Waals surface area contributed by atoms with E-state index in [1.165, 1.54) is 11.1 Å². The zero-order valence-corrected chi connectivity index (χ0v) is 14.7. The Morgan fingerprint density at radius 2 is 2.04 bits per heavy atom. The highest BCUT2D eigenvalue weighted by molar-refractivity contribution is 7.91. The Kier molecular flexibility index (Phi) is 4.25. The molecule has 0 aromatic heterocycles. The fourth-order valence-electron chi connectivity index (χ4n) is 3.69. The Morgan fingerprint density at radius 1 is 1.35 bits per heavy atom. The number of hydrogen-bond acceptors (Lipinski definition) is 3. The van der Waals surface area contributed by atoms with Crippen molar-refractivity contribution in [2.75, 3.05) is 18.1 Å². The van der Waals surface area contributed by atoms with Gasteiger partial charge >= 0.3 is 0 Å². The van der Waals surface area contributed by atoms with E-state index in [2.05, 4.69) is 37.4 Å². The summed E-state index contributed by atoms with van der Waals surface area (Å²) in [5.41, 5.74) is 2.44. The highest BCUT2D eigenvalue weighted by Gasteiger charge is 2.59. The first-order chi connectivity index (χ1) is 10.8. The topological polar surface area (TPSA) is 63.2 Å². The summed E-state index contributed by atoms with van der Waals surface area (Å²) >= 11 is 0. The second kappa shape index (κ2) is 5.93. The first-order valence-electron chi connectivity index (χ1n) is 8.36. The molecule has 1 amide bonds. The monoisotopic (exact) mass is 335 g/mol. The molecule has 4 nitrogen and oxygen atoms in total. The van der Waals surface area contributed by atoms with Gasteiger partial charge in [0.25, 0.3) is 0 Å². The molecule has 2 unspecified atom stereocenters. The van der Waals surface area contributed by atoms with E-state index < -0.39 is 9.84 Å². The Morgan fingerprint density at radius 3 is 2.70 bits per heavy atom. The fraction of sp³-hybridized carbons (Fsp3) is 0.611. The molecule has 1 aliphatic heterocycles. The third-order valence-corrected chi connectivity index (χ3v) is 7.17. The number of carbonyl (C=O) groups is 1. The van der Waals surface area contributed by atoms with E-state index in [1.54, 1.807) is 0 Å². The van der Waals surface area contributed by atoms with Gasteiger partial charge in [-0.15, -0.1) is 0 Å². The van der Waals surface area contributed by atoms with Gasteiger partial charge in [0.05, 0.1) is 11.5 Å². The van der Waals surface area contributed by atoms with Crippen LogP contribution in [0.4, 0.5) is 0 Å². The van der Waals surface area contributed by atoms with E-state index in [4.69, 9.17) is 0 Å². The molecule has 1 saturated heterocycles. The molecule has 3 rings (SSSR count). The summed E-state index contributed by atoms with van der Waals surface area (Å²) in [6.45, 7) is 4.82. The molecule has 126 valence electrons. The lowest BCUT2D eigenvalue weighted by Crippen LogP contribution is -2.33. The molecule has 1 aliphatic carbocycles. The van der Waals surface area contributed by atoms with Gasteiger partial charge in [0.1, 0.15) is 9.84 Å². The first kappa shape index (κ1) is 16.5. The number of carbonyl (C=O) groups excluding carboxylic acids is 1. The van der Waals surface area contributed by atoms with Crippen molar-refractivity contribution in [2.24, 2.45) is 11.3 Å². The van der Waals surface area contributed by atoms with Crippen LogP contribution in [0.3, 0.4) is 0 Å². The molecule has 1 saturated carbocycles. The molecule has 5 heteroatoms. The molecule has 0 radical (unpaired) electrons. The van der Waals surface area contributed by atoms with Gasteiger partial charge in [-0.25, -0.2) is 8.42 Å². The summed E-state index contributed by atoms with van der Waals surface area (Å²) in [5.74, 6) is 0.888. The van der Waals surface area contributed by atoms with Crippen molar-refractivity contribution < 1.29 is 13.2 Å². The number of aryl methyl sites for hydroxylation is 1. The summed E-state index contributed by atoms with van der Waals surface area (Å²) in [4.78, 5) is 12.4. The van der Waals surface area contributed by atoms with Crippen molar-refractivity contribution >= 4 is 15.7 Å². The summed E-state index contributed by atoms with van der Waals surface area (Å²) in [7, 11) is -2.86. The third-order valence-electron chi connectivity index (χ3n) is 5.52. The molecule has 0 bridgehead atoms. The number of sulfone groups is 1. The third kappa shape index (κ3) is 3.60. The highest BCUT2D eigenvalue weighted by Crippen LogP contribution is 2.59. The molecule has 1 N–H and O–H groups in total. The number of nitrogens with one attached hydrogen (secondary N) is 1. The summed E-state index contributed by atoms with van der Waals surface area (Å²) in [6.07, 6.45) is 2.16. The predicted octanol–water partition coefficient (Wildman–Crippen LogP) is 2.43. The lowest BCUT2D eigenvalue weighted by Gasteiger charge is -2.22. The second-order valence-corrected chi connectivity index (χ2v) is 9.63. The van der Waals surface area contributed by atoms with Gasteiger partial charge in [-0.3, -0.25) is 4.79 Å². The average molecular weight is 335 g/mol. The van der Waals surface area contributed by atoms with Crippen molar-refractivity contribution in [1.29, 1.82) is 0 Å². The summed E-state index contributed by atoms with van der Waals surface area (Å²) in [5, 5.41) is 3.07. The Labute approximate surface area is 138 Å². The van der Waals surface area contributed by atoms with E-state index in [1.807, 2.05) is 6.07 Å². The second-order valence-electron chi connectivity index (χ2n) is 7.33. The molecule has 2 aliphatic rings. The van der Waals surface area contributed by atoms with Crippen LogP contribution >= 0.6 is 0 Å². The van der Waals surface area contributed by atoms with E-state index in [9.17, 15) is 13.2 Å². The molecule has 1 aromatic rings. The quantitative estimate of drug-likeness (QED) is 0.919. The predicted molar refractivity (Wildman–Crippen MR) is 91.0 cm³/mol. The van der Waals surface area contributed by atoms with Crippen LogP contribution in [0.1, 0.15) is 43.2 Å². The Balaban J connectivity index is 1.51. The number of amides is 1. The molecule has 2 atom stereocenters. The maximum absolute atomic E-state index is 12.4. The molecule has 2 fully saturated rings. The molecule has 1 heterocycles. The average Bonchev–Trinajstić information content (AvgIpc) is 3.23. The maximum atomic E-state index is 12.4. The molecular formula is C18H25NO3S. The van der Waals surface area contributed by atoms with Gasteiger partial charge < -0.3 is 5.32 Å². The summed E-state index contributed by atoms with van der Waals surface area (Å²) < 4.78 is 23.1. The van der Waals surface area contributed by atoms with Crippen LogP contribution in [0.15, 0.2) is 24.3 Å². The lowest BCUT2D eigenvalue weighted by molar-refractivity contribution is -0.123. The van der Waals surface area contributed by atoms with Crippen LogP contribution in [0.5, 0.6) is 0 Å². The summed E-state index contributed by atoms with van der Waals surface area (Å²) in [6, 6.07) is 8.36. The Hall–Kier alpha value is -1.36. The van der Waals surface area contributed by atoms with E-state index >= 15 is 0 Å². The number of benzene rings is 1. The van der Waals surface area contributed by atoms with E-state index in [0.29, 0.717) is 19.4 Å². The number of hydrogen-bond donors (Lipinski definition) is 1. The van der Waals surface area contributed by atoms with Crippen molar-refractivity contribution in [2.45, 2.75) is 39.0 Å². The van der Waals surface area contributed by atoms with Gasteiger partial charge in [-0.1, -0.05) is 36.8 Å². The zero-order valence-electron chi connectivity index (χ0n) is 13.8. The molecular weight excluding hydrogens is 310 g/mol. The van der Waals surface area contributed by atoms with Crippen LogP contribution in [-0.2, 0) is 14.6 Å². The highest BCUT2D eigenvalue weighted by atomic mass is 32.2. The van der Waals surface area contributed by atoms with Crippen molar-refractivity contribution in [1.82, 2.24) is 5.32 Å². The SMILES string of the molecule is Cc1cccc(C(C)CNC(=O)C2CC23CCS(=O)(=O)CC3)c1. The molecule has 23 heavy (non-hydrogen) atoms. The maximum Gasteiger partial charge on any atom is 0.223 e. The van der Waals surface area contributed by atoms with Crippen LogP contribution in [0, 0.1) is 18.3 Å². The molecule has 1 spiro atoms. The van der Waals surface area contributed by atoms with E-state index in [0.717, 1.165) is 6.42 Å². The van der Waals surface area contributed by atoms with Crippen molar-refractivity contribution in [3.63, 3.8) is 0 Å². The minimum atomic E-state index is -2.86. The fourth-order valence-corrected chi connectivity index (χ4v) is 5.33. The van der Waals surface area contributed by atoms with Crippen LogP contribution < -0.4 is 5.32 Å². The Bertz CT molecular complexity index is 697. The number of rotatable bonds is 4. The largest absolute Gasteiger partial charge is 0.355 e. The van der Waals surface area contributed by atoms with Gasteiger partial charge in [-0.2, -0.15) is 0 Å². The van der Waals surface area contributed by atoms with Gasteiger partial charge in [0.2, 0.25) is 5.91 Å². The van der Waals surface area contributed by atoms with Crippen molar-refractivity contribution in [3.05, 3.63) is 35.4 Å². The minimum Gasteiger partial charge on any atom is -0.355 e. The van der Waals surface area contributed by atoms with E-state index in [-0.39, 0.29) is 34.7 Å². The van der Waals surface area contributed by atoms with Crippen LogP contribution in [-0.4, -0.2) is 32.4 Å². The minimum absolute atomic E-state index is 0.0164. The van der Waals surface area contributed by atoms with Gasteiger partial charge in [0, 0.05) is 12.5 Å². The smallest absolute Gasteiger partial charge is 0.223 e.